The van der Waals surface area contributed by atoms with Crippen molar-refractivity contribution in [1.29, 1.82) is 0 Å². The first-order chi connectivity index (χ1) is 5.88. The average molecular weight is 175 g/mol. The van der Waals surface area contributed by atoms with Crippen LogP contribution in [0.4, 0.5) is 0 Å². The highest BCUT2D eigenvalue weighted by Gasteiger charge is 1.94. The number of rotatable bonds is 3. The van der Waals surface area contributed by atoms with Crippen molar-refractivity contribution >= 4 is 23.5 Å². The lowest BCUT2D eigenvalue weighted by Gasteiger charge is -1.99. The van der Waals surface area contributed by atoms with Gasteiger partial charge in [0, 0.05) is 0 Å². The van der Waals surface area contributed by atoms with Crippen molar-refractivity contribution in [3.63, 3.8) is 0 Å². The normalized spacial score (nSPS) is 8.67. The molecular formula is C10H9NS. The molecule has 0 atom stereocenters. The van der Waals surface area contributed by atoms with Crippen molar-refractivity contribution in [2.24, 2.45) is 4.99 Å². The van der Waals surface area contributed by atoms with Gasteiger partial charge in [-0.1, -0.05) is 36.9 Å². The first-order valence-corrected chi connectivity index (χ1v) is 4.03. The molecule has 1 nitrogen and oxygen atoms in total. The van der Waals surface area contributed by atoms with Crippen molar-refractivity contribution in [3.8, 4) is 0 Å². The fraction of sp³-hybridized carbons (Fsp3) is 0.100. The SMILES string of the molecule is C=Cc1ccccc1CN=C=S. The molecule has 1 aromatic carbocycles. The first kappa shape index (κ1) is 8.85. The Morgan fingerprint density at radius 1 is 1.50 bits per heavy atom. The van der Waals surface area contributed by atoms with Gasteiger partial charge in [-0.15, -0.1) is 0 Å². The maximum absolute atomic E-state index is 4.49. The molecule has 12 heavy (non-hydrogen) atoms. The van der Waals surface area contributed by atoms with Crippen LogP contribution in [0.5, 0.6) is 0 Å². The van der Waals surface area contributed by atoms with Crippen molar-refractivity contribution in [2.45, 2.75) is 6.54 Å². The number of aliphatic imine (C=N–C) groups is 1. The van der Waals surface area contributed by atoms with Crippen LogP contribution in [0.15, 0.2) is 35.8 Å². The fourth-order valence-electron chi connectivity index (χ4n) is 0.995. The van der Waals surface area contributed by atoms with Gasteiger partial charge < -0.3 is 0 Å². The average Bonchev–Trinajstić information content (AvgIpc) is 2.15. The molecule has 0 radical (unpaired) electrons. The second kappa shape index (κ2) is 4.60. The Kier molecular flexibility index (Phi) is 3.39. The second-order valence-corrected chi connectivity index (χ2v) is 2.49. The zero-order chi connectivity index (χ0) is 8.81. The van der Waals surface area contributed by atoms with Crippen LogP contribution in [0.2, 0.25) is 0 Å². The third kappa shape index (κ3) is 2.12. The van der Waals surface area contributed by atoms with Crippen molar-refractivity contribution in [1.82, 2.24) is 0 Å². The van der Waals surface area contributed by atoms with Crippen LogP contribution in [0.3, 0.4) is 0 Å². The summed E-state index contributed by atoms with van der Waals surface area (Å²) in [6.07, 6.45) is 1.81. The summed E-state index contributed by atoms with van der Waals surface area (Å²) in [5.41, 5.74) is 2.23. The van der Waals surface area contributed by atoms with Gasteiger partial charge in [-0.25, -0.2) is 4.99 Å². The summed E-state index contributed by atoms with van der Waals surface area (Å²) in [6.45, 7) is 4.30. The van der Waals surface area contributed by atoms with Crippen LogP contribution in [0, 0.1) is 0 Å². The molecule has 1 aromatic rings. The van der Waals surface area contributed by atoms with Crippen LogP contribution >= 0.6 is 12.2 Å². The van der Waals surface area contributed by atoms with Gasteiger partial charge >= 0.3 is 0 Å². The molecule has 0 fully saturated rings. The lowest BCUT2D eigenvalue weighted by atomic mass is 10.1. The zero-order valence-corrected chi connectivity index (χ0v) is 7.47. The van der Waals surface area contributed by atoms with E-state index in [0.717, 1.165) is 11.1 Å². The molecule has 0 heterocycles. The standard InChI is InChI=1S/C10H9NS/c1-2-9-5-3-4-6-10(9)7-11-8-12/h2-6H,1,7H2. The van der Waals surface area contributed by atoms with Crippen LogP contribution in [0.25, 0.3) is 6.08 Å². The minimum Gasteiger partial charge on any atom is -0.228 e. The van der Waals surface area contributed by atoms with Gasteiger partial charge in [0.25, 0.3) is 0 Å². The summed E-state index contributed by atoms with van der Waals surface area (Å²) in [6, 6.07) is 7.96. The Morgan fingerprint density at radius 2 is 2.25 bits per heavy atom. The number of isothiocyanates is 1. The molecule has 0 aliphatic carbocycles. The second-order valence-electron chi connectivity index (χ2n) is 2.31. The topological polar surface area (TPSA) is 12.4 Å². The maximum Gasteiger partial charge on any atom is 0.0749 e. The molecule has 0 unspecified atom stereocenters. The summed E-state index contributed by atoms with van der Waals surface area (Å²) >= 11 is 4.49. The molecule has 0 aliphatic heterocycles. The first-order valence-electron chi connectivity index (χ1n) is 3.62. The summed E-state index contributed by atoms with van der Waals surface area (Å²) in [5.74, 6) is 0. The van der Waals surface area contributed by atoms with Crippen LogP contribution in [-0.4, -0.2) is 5.16 Å². The van der Waals surface area contributed by atoms with Gasteiger partial charge in [0.15, 0.2) is 0 Å². The van der Waals surface area contributed by atoms with Gasteiger partial charge in [0.2, 0.25) is 0 Å². The highest BCUT2D eigenvalue weighted by molar-refractivity contribution is 7.78. The predicted octanol–water partition coefficient (Wildman–Crippen LogP) is 2.93. The molecule has 0 aliphatic rings. The van der Waals surface area contributed by atoms with Gasteiger partial charge in [-0.05, 0) is 23.3 Å². The maximum atomic E-state index is 4.49. The molecule has 0 saturated heterocycles. The Labute approximate surface area is 77.5 Å². The lowest BCUT2D eigenvalue weighted by Crippen LogP contribution is -1.84. The Hall–Kier alpha value is -1.24. The van der Waals surface area contributed by atoms with Gasteiger partial charge in [-0.3, -0.25) is 0 Å². The Morgan fingerprint density at radius 3 is 2.92 bits per heavy atom. The summed E-state index contributed by atoms with van der Waals surface area (Å²) in [7, 11) is 0. The molecule has 0 spiro atoms. The number of nitrogens with zero attached hydrogens (tertiary/aromatic N) is 1. The highest BCUT2D eigenvalue weighted by Crippen LogP contribution is 2.10. The van der Waals surface area contributed by atoms with E-state index in [1.54, 1.807) is 0 Å². The Balaban J connectivity index is 2.96. The van der Waals surface area contributed by atoms with E-state index in [-0.39, 0.29) is 0 Å². The van der Waals surface area contributed by atoms with E-state index in [4.69, 9.17) is 0 Å². The third-order valence-electron chi connectivity index (χ3n) is 1.59. The summed E-state index contributed by atoms with van der Waals surface area (Å²) in [4.78, 5) is 3.87. The Bertz CT molecular complexity index is 324. The third-order valence-corrected chi connectivity index (χ3v) is 1.72. The largest absolute Gasteiger partial charge is 0.228 e. The van der Waals surface area contributed by atoms with E-state index >= 15 is 0 Å². The van der Waals surface area contributed by atoms with Crippen molar-refractivity contribution in [3.05, 3.63) is 42.0 Å². The molecular weight excluding hydrogens is 166 g/mol. The zero-order valence-electron chi connectivity index (χ0n) is 6.66. The number of hydrogen-bond acceptors (Lipinski definition) is 2. The minimum atomic E-state index is 0.589. The van der Waals surface area contributed by atoms with Crippen molar-refractivity contribution in [2.75, 3.05) is 0 Å². The van der Waals surface area contributed by atoms with Crippen molar-refractivity contribution < 1.29 is 0 Å². The fourth-order valence-corrected chi connectivity index (χ4v) is 1.06. The number of benzene rings is 1. The van der Waals surface area contributed by atoms with E-state index in [0.29, 0.717) is 6.54 Å². The molecule has 0 amide bonds. The van der Waals surface area contributed by atoms with E-state index in [9.17, 15) is 0 Å². The smallest absolute Gasteiger partial charge is 0.0749 e. The molecule has 1 rings (SSSR count). The number of thiocarbonyl (C=S) groups is 1. The molecule has 0 aromatic heterocycles. The number of hydrogen-bond donors (Lipinski definition) is 0. The highest BCUT2D eigenvalue weighted by atomic mass is 32.1. The molecule has 0 bridgehead atoms. The van der Waals surface area contributed by atoms with E-state index in [2.05, 4.69) is 29.0 Å². The monoisotopic (exact) mass is 175 g/mol. The van der Waals surface area contributed by atoms with Crippen LogP contribution in [-0.2, 0) is 6.54 Å². The van der Waals surface area contributed by atoms with Gasteiger partial charge in [0.1, 0.15) is 0 Å². The lowest BCUT2D eigenvalue weighted by molar-refractivity contribution is 1.08. The molecule has 0 N–H and O–H groups in total. The van der Waals surface area contributed by atoms with E-state index in [1.165, 1.54) is 0 Å². The summed E-state index contributed by atoms with van der Waals surface area (Å²) in [5, 5.41) is 2.34. The quantitative estimate of drug-likeness (QED) is 0.508. The molecule has 0 saturated carbocycles. The molecule has 60 valence electrons. The predicted molar refractivity (Wildman–Crippen MR) is 55.3 cm³/mol. The van der Waals surface area contributed by atoms with E-state index in [1.807, 2.05) is 30.3 Å². The molecule has 2 heteroatoms. The van der Waals surface area contributed by atoms with Crippen LogP contribution < -0.4 is 0 Å². The van der Waals surface area contributed by atoms with E-state index < -0.39 is 0 Å². The summed E-state index contributed by atoms with van der Waals surface area (Å²) < 4.78 is 0. The minimum absolute atomic E-state index is 0.589. The van der Waals surface area contributed by atoms with Gasteiger partial charge in [-0.2, -0.15) is 0 Å². The van der Waals surface area contributed by atoms with Crippen LogP contribution in [0.1, 0.15) is 11.1 Å². The van der Waals surface area contributed by atoms with Gasteiger partial charge in [0.05, 0.1) is 11.7 Å².